The van der Waals surface area contributed by atoms with Crippen molar-refractivity contribution in [2.45, 2.75) is 58.9 Å². The van der Waals surface area contributed by atoms with Crippen molar-refractivity contribution in [3.63, 3.8) is 0 Å². The molecule has 0 spiro atoms. The van der Waals surface area contributed by atoms with Crippen LogP contribution < -0.4 is 4.74 Å². The Hall–Kier alpha value is -1.03. The van der Waals surface area contributed by atoms with Crippen molar-refractivity contribution in [3.8, 4) is 5.88 Å². The van der Waals surface area contributed by atoms with Gasteiger partial charge in [0.1, 0.15) is 6.61 Å². The molecule has 1 aromatic heterocycles. The first-order valence-corrected chi connectivity index (χ1v) is 8.15. The largest absolute Gasteiger partial charge is 0.475 e. The SMILES string of the molecule is CCN(CC)CCOc1cc(C)n(C2CCCCC2)n1. The third kappa shape index (κ3) is 3.98. The normalized spacial score (nSPS) is 16.8. The van der Waals surface area contributed by atoms with Crippen LogP contribution in [0.3, 0.4) is 0 Å². The second-order valence-electron chi connectivity index (χ2n) is 5.74. The lowest BCUT2D eigenvalue weighted by molar-refractivity contribution is 0.214. The van der Waals surface area contributed by atoms with Gasteiger partial charge in [0.25, 0.3) is 0 Å². The minimum absolute atomic E-state index is 0.587. The lowest BCUT2D eigenvalue weighted by Crippen LogP contribution is -2.28. The van der Waals surface area contributed by atoms with Gasteiger partial charge in [-0.25, -0.2) is 0 Å². The molecule has 1 aliphatic carbocycles. The molecule has 20 heavy (non-hydrogen) atoms. The summed E-state index contributed by atoms with van der Waals surface area (Å²) < 4.78 is 8.01. The number of likely N-dealkylation sites (N-methyl/N-ethyl adjacent to an activating group) is 1. The van der Waals surface area contributed by atoms with E-state index in [4.69, 9.17) is 4.74 Å². The standard InChI is InChI=1S/C16H29N3O/c1-4-18(5-2)11-12-20-16-13-14(3)19(17-16)15-9-7-6-8-10-15/h13,15H,4-12H2,1-3H3. The van der Waals surface area contributed by atoms with Gasteiger partial charge in [0.2, 0.25) is 5.88 Å². The second kappa shape index (κ2) is 7.67. The topological polar surface area (TPSA) is 30.3 Å². The summed E-state index contributed by atoms with van der Waals surface area (Å²) in [6, 6.07) is 2.67. The summed E-state index contributed by atoms with van der Waals surface area (Å²) in [4.78, 5) is 2.37. The molecule has 0 aliphatic heterocycles. The van der Waals surface area contributed by atoms with E-state index in [-0.39, 0.29) is 0 Å². The van der Waals surface area contributed by atoms with E-state index >= 15 is 0 Å². The predicted octanol–water partition coefficient (Wildman–Crippen LogP) is 3.42. The number of hydrogen-bond acceptors (Lipinski definition) is 3. The quantitative estimate of drug-likeness (QED) is 0.766. The number of ether oxygens (including phenoxy) is 1. The van der Waals surface area contributed by atoms with Gasteiger partial charge in [-0.2, -0.15) is 0 Å². The lowest BCUT2D eigenvalue weighted by atomic mass is 9.95. The highest BCUT2D eigenvalue weighted by atomic mass is 16.5. The summed E-state index contributed by atoms with van der Waals surface area (Å²) in [6.07, 6.45) is 6.58. The highest BCUT2D eigenvalue weighted by Crippen LogP contribution is 2.29. The zero-order valence-corrected chi connectivity index (χ0v) is 13.3. The van der Waals surface area contributed by atoms with E-state index in [9.17, 15) is 0 Å². The Labute approximate surface area is 123 Å². The maximum absolute atomic E-state index is 5.82. The van der Waals surface area contributed by atoms with Crippen LogP contribution in [-0.4, -0.2) is 40.9 Å². The molecule has 4 nitrogen and oxygen atoms in total. The minimum atomic E-state index is 0.587. The molecule has 1 fully saturated rings. The van der Waals surface area contributed by atoms with E-state index in [2.05, 4.69) is 41.5 Å². The molecule has 2 rings (SSSR count). The summed E-state index contributed by atoms with van der Waals surface area (Å²) >= 11 is 0. The first-order chi connectivity index (χ1) is 9.74. The van der Waals surface area contributed by atoms with E-state index in [1.807, 2.05) is 0 Å². The Morgan fingerprint density at radius 2 is 1.95 bits per heavy atom. The summed E-state index contributed by atoms with van der Waals surface area (Å²) in [7, 11) is 0. The lowest BCUT2D eigenvalue weighted by Gasteiger charge is -2.23. The third-order valence-corrected chi connectivity index (χ3v) is 4.37. The van der Waals surface area contributed by atoms with Gasteiger partial charge < -0.3 is 9.64 Å². The molecule has 0 bridgehead atoms. The molecule has 0 N–H and O–H groups in total. The molecule has 0 aromatic carbocycles. The predicted molar refractivity (Wildman–Crippen MR) is 82.4 cm³/mol. The monoisotopic (exact) mass is 279 g/mol. The molecule has 1 heterocycles. The molecule has 1 saturated carbocycles. The Morgan fingerprint density at radius 3 is 2.60 bits per heavy atom. The molecule has 4 heteroatoms. The van der Waals surface area contributed by atoms with Crippen LogP contribution in [0, 0.1) is 6.92 Å². The molecule has 1 aromatic rings. The fourth-order valence-corrected chi connectivity index (χ4v) is 3.04. The van der Waals surface area contributed by atoms with Crippen molar-refractivity contribution in [1.82, 2.24) is 14.7 Å². The van der Waals surface area contributed by atoms with Crippen LogP contribution in [0.1, 0.15) is 57.7 Å². The van der Waals surface area contributed by atoms with Gasteiger partial charge >= 0.3 is 0 Å². The summed E-state index contributed by atoms with van der Waals surface area (Å²) in [5, 5.41) is 4.66. The number of nitrogens with zero attached hydrogens (tertiary/aromatic N) is 3. The summed E-state index contributed by atoms with van der Waals surface area (Å²) in [5.74, 6) is 0.792. The molecule has 0 unspecified atom stereocenters. The Morgan fingerprint density at radius 1 is 1.25 bits per heavy atom. The van der Waals surface area contributed by atoms with Crippen LogP contribution in [0.4, 0.5) is 0 Å². The van der Waals surface area contributed by atoms with Gasteiger partial charge in [-0.1, -0.05) is 33.1 Å². The Balaban J connectivity index is 1.86. The molecule has 0 atom stereocenters. The zero-order chi connectivity index (χ0) is 14.4. The molecule has 0 radical (unpaired) electrons. The smallest absolute Gasteiger partial charge is 0.233 e. The number of aryl methyl sites for hydroxylation is 1. The first kappa shape index (κ1) is 15.4. The third-order valence-electron chi connectivity index (χ3n) is 4.37. The first-order valence-electron chi connectivity index (χ1n) is 8.15. The van der Waals surface area contributed by atoms with Crippen LogP contribution in [-0.2, 0) is 0 Å². The van der Waals surface area contributed by atoms with Crippen molar-refractivity contribution in [1.29, 1.82) is 0 Å². The number of hydrogen-bond donors (Lipinski definition) is 0. The van der Waals surface area contributed by atoms with E-state index < -0.39 is 0 Å². The highest BCUT2D eigenvalue weighted by Gasteiger charge is 2.18. The van der Waals surface area contributed by atoms with Crippen LogP contribution in [0.2, 0.25) is 0 Å². The van der Waals surface area contributed by atoms with Gasteiger partial charge in [-0.3, -0.25) is 4.68 Å². The minimum Gasteiger partial charge on any atom is -0.475 e. The maximum atomic E-state index is 5.82. The van der Waals surface area contributed by atoms with Crippen LogP contribution in [0.15, 0.2) is 6.07 Å². The van der Waals surface area contributed by atoms with Crippen molar-refractivity contribution >= 4 is 0 Å². The van der Waals surface area contributed by atoms with Gasteiger partial charge in [0, 0.05) is 18.3 Å². The molecule has 1 aliphatic rings. The second-order valence-corrected chi connectivity index (χ2v) is 5.74. The van der Waals surface area contributed by atoms with E-state index in [0.29, 0.717) is 6.04 Å². The van der Waals surface area contributed by atoms with Crippen LogP contribution in [0.25, 0.3) is 0 Å². The average Bonchev–Trinajstić information content (AvgIpc) is 2.85. The van der Waals surface area contributed by atoms with Crippen LogP contribution in [0.5, 0.6) is 5.88 Å². The molecular weight excluding hydrogens is 250 g/mol. The summed E-state index contributed by atoms with van der Waals surface area (Å²) in [5.41, 5.74) is 1.23. The molecule has 0 saturated heterocycles. The van der Waals surface area contributed by atoms with Gasteiger partial charge in [0.05, 0.1) is 6.04 Å². The molecule has 114 valence electrons. The highest BCUT2D eigenvalue weighted by molar-refractivity contribution is 5.15. The molecule has 0 amide bonds. The Kier molecular flexibility index (Phi) is 5.89. The van der Waals surface area contributed by atoms with Crippen LogP contribution >= 0.6 is 0 Å². The average molecular weight is 279 g/mol. The maximum Gasteiger partial charge on any atom is 0.233 e. The van der Waals surface area contributed by atoms with E-state index in [1.54, 1.807) is 0 Å². The van der Waals surface area contributed by atoms with E-state index in [1.165, 1.54) is 37.8 Å². The summed E-state index contributed by atoms with van der Waals surface area (Å²) in [6.45, 7) is 10.4. The number of aromatic nitrogens is 2. The fourth-order valence-electron chi connectivity index (χ4n) is 3.04. The zero-order valence-electron chi connectivity index (χ0n) is 13.3. The fraction of sp³-hybridized carbons (Fsp3) is 0.812. The Bertz CT molecular complexity index is 392. The molecular formula is C16H29N3O. The van der Waals surface area contributed by atoms with Gasteiger partial charge in [-0.15, -0.1) is 5.10 Å². The van der Waals surface area contributed by atoms with Crippen molar-refractivity contribution < 1.29 is 4.74 Å². The van der Waals surface area contributed by atoms with Crippen molar-refractivity contribution in [2.75, 3.05) is 26.2 Å². The van der Waals surface area contributed by atoms with E-state index in [0.717, 1.165) is 32.1 Å². The van der Waals surface area contributed by atoms with Crippen molar-refractivity contribution in [3.05, 3.63) is 11.8 Å². The van der Waals surface area contributed by atoms with Gasteiger partial charge in [0.15, 0.2) is 0 Å². The van der Waals surface area contributed by atoms with Crippen molar-refractivity contribution in [2.24, 2.45) is 0 Å². The number of rotatable bonds is 7. The van der Waals surface area contributed by atoms with Gasteiger partial charge in [-0.05, 0) is 32.9 Å².